The molecule has 3 aromatic heterocycles. The number of rotatable bonds is 5. The molecular formula is C18H21N3O2S2. The second kappa shape index (κ2) is 6.46. The quantitative estimate of drug-likeness (QED) is 0.691. The largest absolute Gasteiger partial charge is 0.367 e. The number of thiophene rings is 1. The van der Waals surface area contributed by atoms with Crippen LogP contribution in [0.1, 0.15) is 32.6 Å². The van der Waals surface area contributed by atoms with E-state index in [0.29, 0.717) is 10.3 Å². The number of nitrogens with one attached hydrogen (secondary N) is 2. The number of aromatic amines is 1. The molecule has 25 heavy (non-hydrogen) atoms. The first-order chi connectivity index (χ1) is 12.1. The smallest absolute Gasteiger partial charge is 0.187 e. The van der Waals surface area contributed by atoms with Crippen LogP contribution in [0.4, 0.5) is 5.82 Å². The Morgan fingerprint density at radius 3 is 2.84 bits per heavy atom. The molecule has 2 N–H and O–H groups in total. The van der Waals surface area contributed by atoms with E-state index < -0.39 is 9.84 Å². The van der Waals surface area contributed by atoms with Crippen molar-refractivity contribution in [2.24, 2.45) is 0 Å². The Balaban J connectivity index is 1.76. The van der Waals surface area contributed by atoms with Crippen LogP contribution in [-0.2, 0) is 9.84 Å². The number of sulfone groups is 1. The minimum absolute atomic E-state index is 0.122. The fraction of sp³-hybridized carbons (Fsp3) is 0.389. The Kier molecular flexibility index (Phi) is 4.29. The van der Waals surface area contributed by atoms with Crippen molar-refractivity contribution < 1.29 is 8.42 Å². The van der Waals surface area contributed by atoms with Crippen LogP contribution in [0.25, 0.3) is 21.5 Å². The lowest BCUT2D eigenvalue weighted by Crippen LogP contribution is -2.15. The maximum atomic E-state index is 12.1. The van der Waals surface area contributed by atoms with Gasteiger partial charge in [-0.1, -0.05) is 19.8 Å². The molecule has 3 heterocycles. The molecule has 7 heteroatoms. The van der Waals surface area contributed by atoms with E-state index in [4.69, 9.17) is 0 Å². The second-order valence-corrected chi connectivity index (χ2v) is 10.0. The van der Waals surface area contributed by atoms with Gasteiger partial charge in [-0.2, -0.15) is 0 Å². The van der Waals surface area contributed by atoms with E-state index >= 15 is 0 Å². The van der Waals surface area contributed by atoms with Crippen molar-refractivity contribution in [1.29, 1.82) is 0 Å². The van der Waals surface area contributed by atoms with E-state index in [1.165, 1.54) is 37.0 Å². The molecule has 0 aromatic carbocycles. The monoisotopic (exact) mass is 375 g/mol. The van der Waals surface area contributed by atoms with E-state index in [0.717, 1.165) is 27.3 Å². The average Bonchev–Trinajstić information content (AvgIpc) is 3.35. The number of nitrogens with zero attached hydrogens (tertiary/aromatic N) is 1. The van der Waals surface area contributed by atoms with Gasteiger partial charge in [0.2, 0.25) is 0 Å². The average molecular weight is 376 g/mol. The van der Waals surface area contributed by atoms with Gasteiger partial charge < -0.3 is 10.3 Å². The van der Waals surface area contributed by atoms with Crippen LogP contribution >= 0.6 is 11.3 Å². The van der Waals surface area contributed by atoms with Crippen molar-refractivity contribution in [3.8, 4) is 10.4 Å². The van der Waals surface area contributed by atoms with Crippen LogP contribution in [0.2, 0.25) is 0 Å². The van der Waals surface area contributed by atoms with Gasteiger partial charge in [-0.3, -0.25) is 0 Å². The van der Waals surface area contributed by atoms with Gasteiger partial charge in [-0.05, 0) is 37.1 Å². The van der Waals surface area contributed by atoms with Crippen molar-refractivity contribution in [2.75, 3.05) is 11.1 Å². The summed E-state index contributed by atoms with van der Waals surface area (Å²) in [4.78, 5) is 8.81. The van der Waals surface area contributed by atoms with Crippen LogP contribution in [-0.4, -0.2) is 30.2 Å². The van der Waals surface area contributed by atoms with Crippen LogP contribution in [0.3, 0.4) is 0 Å². The Bertz CT molecular complexity index is 998. The molecule has 0 spiro atoms. The Morgan fingerprint density at radius 2 is 2.08 bits per heavy atom. The fourth-order valence-electron chi connectivity index (χ4n) is 3.37. The van der Waals surface area contributed by atoms with Crippen LogP contribution in [0.5, 0.6) is 0 Å². The molecule has 0 atom stereocenters. The summed E-state index contributed by atoms with van der Waals surface area (Å²) in [7, 11) is -3.17. The molecule has 5 nitrogen and oxygen atoms in total. The minimum Gasteiger partial charge on any atom is -0.367 e. The summed E-state index contributed by atoms with van der Waals surface area (Å²) < 4.78 is 24.7. The summed E-state index contributed by atoms with van der Waals surface area (Å²) in [6.45, 7) is 1.68. The molecule has 1 aliphatic rings. The van der Waals surface area contributed by atoms with Gasteiger partial charge in [0.15, 0.2) is 9.84 Å². The van der Waals surface area contributed by atoms with Crippen LogP contribution in [0.15, 0.2) is 34.7 Å². The normalized spacial score (nSPS) is 15.9. The maximum absolute atomic E-state index is 12.1. The van der Waals surface area contributed by atoms with Crippen LogP contribution in [0, 0.1) is 0 Å². The zero-order valence-corrected chi connectivity index (χ0v) is 15.7. The third kappa shape index (κ3) is 3.18. The van der Waals surface area contributed by atoms with Crippen molar-refractivity contribution in [3.05, 3.63) is 30.5 Å². The highest BCUT2D eigenvalue weighted by Crippen LogP contribution is 2.36. The van der Waals surface area contributed by atoms with Gasteiger partial charge >= 0.3 is 0 Å². The van der Waals surface area contributed by atoms with E-state index in [-0.39, 0.29) is 5.75 Å². The minimum atomic E-state index is -3.17. The zero-order valence-electron chi connectivity index (χ0n) is 14.1. The summed E-state index contributed by atoms with van der Waals surface area (Å²) in [5.41, 5.74) is 1.85. The molecule has 0 amide bonds. The van der Waals surface area contributed by atoms with E-state index in [1.807, 2.05) is 24.4 Å². The molecule has 1 fully saturated rings. The molecule has 0 saturated heterocycles. The van der Waals surface area contributed by atoms with Crippen molar-refractivity contribution in [1.82, 2.24) is 9.97 Å². The van der Waals surface area contributed by atoms with Gasteiger partial charge in [0.05, 0.1) is 5.75 Å². The number of anilines is 1. The third-order valence-corrected chi connectivity index (χ3v) is 8.20. The van der Waals surface area contributed by atoms with Gasteiger partial charge in [0.25, 0.3) is 0 Å². The highest BCUT2D eigenvalue weighted by molar-refractivity contribution is 7.93. The van der Waals surface area contributed by atoms with Gasteiger partial charge in [-0.15, -0.1) is 11.3 Å². The molecule has 0 unspecified atom stereocenters. The molecular weight excluding hydrogens is 354 g/mol. The Morgan fingerprint density at radius 1 is 1.28 bits per heavy atom. The van der Waals surface area contributed by atoms with Gasteiger partial charge in [-0.25, -0.2) is 13.4 Å². The molecule has 0 bridgehead atoms. The summed E-state index contributed by atoms with van der Waals surface area (Å²) in [6, 6.07) is 8.12. The second-order valence-electron chi connectivity index (χ2n) is 6.44. The van der Waals surface area contributed by atoms with Gasteiger partial charge in [0.1, 0.15) is 15.7 Å². The molecule has 0 aliphatic heterocycles. The fourth-order valence-corrected chi connectivity index (χ4v) is 5.83. The van der Waals surface area contributed by atoms with E-state index in [2.05, 4.69) is 15.3 Å². The van der Waals surface area contributed by atoms with Crippen molar-refractivity contribution >= 4 is 38.0 Å². The van der Waals surface area contributed by atoms with Crippen molar-refractivity contribution in [3.63, 3.8) is 0 Å². The predicted molar refractivity (Wildman–Crippen MR) is 103 cm³/mol. The number of fused-ring (bicyclic) bond motifs is 1. The van der Waals surface area contributed by atoms with E-state index in [9.17, 15) is 8.42 Å². The number of pyridine rings is 1. The maximum Gasteiger partial charge on any atom is 0.187 e. The lowest BCUT2D eigenvalue weighted by atomic mass is 10.1. The molecule has 132 valence electrons. The van der Waals surface area contributed by atoms with Crippen molar-refractivity contribution in [2.45, 2.75) is 42.9 Å². The molecule has 3 aromatic rings. The first-order valence-corrected chi connectivity index (χ1v) is 11.1. The Hall–Kier alpha value is -1.86. The summed E-state index contributed by atoms with van der Waals surface area (Å²) >= 11 is 1.33. The predicted octanol–water partition coefficient (Wildman–Crippen LogP) is 4.44. The number of aromatic nitrogens is 2. The lowest BCUT2D eigenvalue weighted by Gasteiger charge is -2.14. The molecule has 1 saturated carbocycles. The Labute approximate surface area is 151 Å². The first kappa shape index (κ1) is 16.6. The zero-order chi connectivity index (χ0) is 17.4. The SMILES string of the molecule is CCS(=O)(=O)c1ccc(-c2cc(NC3CCCC3)nc3[nH]ccc23)s1. The highest BCUT2D eigenvalue weighted by Gasteiger charge is 2.19. The highest BCUT2D eigenvalue weighted by atomic mass is 32.2. The standard InChI is InChI=1S/C18H21N3O2S2/c1-2-25(22,23)17-8-7-15(24-17)14-11-16(20-12-5-3-4-6-12)21-18-13(14)9-10-19-18/h7-12H,2-6H2,1H3,(H2,19,20,21). The van der Waals surface area contributed by atoms with Gasteiger partial charge in [0, 0.05) is 28.1 Å². The molecule has 4 rings (SSSR count). The first-order valence-electron chi connectivity index (χ1n) is 8.64. The number of H-pyrrole nitrogens is 1. The number of hydrogen-bond donors (Lipinski definition) is 2. The summed E-state index contributed by atoms with van der Waals surface area (Å²) in [6.07, 6.45) is 6.75. The third-order valence-electron chi connectivity index (χ3n) is 4.77. The van der Waals surface area contributed by atoms with E-state index in [1.54, 1.807) is 13.0 Å². The number of hydrogen-bond acceptors (Lipinski definition) is 5. The molecule has 1 aliphatic carbocycles. The lowest BCUT2D eigenvalue weighted by molar-refractivity contribution is 0.599. The topological polar surface area (TPSA) is 74.8 Å². The summed E-state index contributed by atoms with van der Waals surface area (Å²) in [5.74, 6) is 0.974. The van der Waals surface area contributed by atoms with Crippen LogP contribution < -0.4 is 5.32 Å². The molecule has 0 radical (unpaired) electrons. The summed E-state index contributed by atoms with van der Waals surface area (Å²) in [5, 5.41) is 4.55.